The number of carbonyl (C=O) groups is 2. The highest BCUT2D eigenvalue weighted by Crippen LogP contribution is 2.38. The Morgan fingerprint density at radius 1 is 0.939 bits per heavy atom. The summed E-state index contributed by atoms with van der Waals surface area (Å²) < 4.78 is 45.9. The molecule has 0 aliphatic heterocycles. The molecule has 0 aromatic heterocycles. The van der Waals surface area contributed by atoms with Crippen molar-refractivity contribution in [2.24, 2.45) is 0 Å². The second kappa shape index (κ2) is 9.77. The third-order valence-electron chi connectivity index (χ3n) is 4.90. The average molecular weight is 457 g/mol. The van der Waals surface area contributed by atoms with Crippen molar-refractivity contribution in [2.75, 3.05) is 4.90 Å². The Kier molecular flexibility index (Phi) is 7.06. The number of benzene rings is 3. The van der Waals surface area contributed by atoms with Crippen LogP contribution >= 0.6 is 0 Å². The zero-order chi connectivity index (χ0) is 24.2. The predicted octanol–water partition coefficient (Wildman–Crippen LogP) is 6.04. The molecule has 5 nitrogen and oxygen atoms in total. The van der Waals surface area contributed by atoms with Crippen LogP contribution in [-0.2, 0) is 12.8 Å². The molecule has 1 N–H and O–H groups in total. The summed E-state index contributed by atoms with van der Waals surface area (Å²) in [5.74, 6) is -1.57. The zero-order valence-electron chi connectivity index (χ0n) is 18.0. The SMILES string of the molecule is CC(C)N(C(=O)c1ccccc1)c1ccc(C(F)(F)F)cc1OCc1ccc(C(=O)O)cc1. The molecule has 3 rings (SSSR count). The summed E-state index contributed by atoms with van der Waals surface area (Å²) in [6.07, 6.45) is -4.59. The van der Waals surface area contributed by atoms with Gasteiger partial charge in [0.1, 0.15) is 12.4 Å². The predicted molar refractivity (Wildman–Crippen MR) is 118 cm³/mol. The van der Waals surface area contributed by atoms with Gasteiger partial charge in [0.2, 0.25) is 0 Å². The van der Waals surface area contributed by atoms with Gasteiger partial charge < -0.3 is 14.7 Å². The van der Waals surface area contributed by atoms with Gasteiger partial charge in [-0.25, -0.2) is 4.79 Å². The van der Waals surface area contributed by atoms with Crippen LogP contribution in [0.15, 0.2) is 72.8 Å². The van der Waals surface area contributed by atoms with E-state index in [0.717, 1.165) is 12.1 Å². The first-order chi connectivity index (χ1) is 15.6. The van der Waals surface area contributed by atoms with Crippen molar-refractivity contribution in [3.63, 3.8) is 0 Å². The van der Waals surface area contributed by atoms with Gasteiger partial charge in [-0.05, 0) is 61.9 Å². The Morgan fingerprint density at radius 2 is 1.58 bits per heavy atom. The number of aromatic carboxylic acids is 1. The standard InChI is InChI=1S/C25H22F3NO4/c1-16(2)29(23(30)18-6-4-3-5-7-18)21-13-12-20(25(26,27)28)14-22(21)33-15-17-8-10-19(11-9-17)24(31)32/h3-14,16H,15H2,1-2H3,(H,31,32). The van der Waals surface area contributed by atoms with E-state index in [2.05, 4.69) is 0 Å². The van der Waals surface area contributed by atoms with Crippen molar-refractivity contribution in [3.8, 4) is 5.75 Å². The normalized spacial score (nSPS) is 11.3. The summed E-state index contributed by atoms with van der Waals surface area (Å²) in [6, 6.07) is 16.9. The van der Waals surface area contributed by atoms with E-state index in [1.807, 2.05) is 0 Å². The summed E-state index contributed by atoms with van der Waals surface area (Å²) in [4.78, 5) is 25.6. The summed E-state index contributed by atoms with van der Waals surface area (Å²) >= 11 is 0. The molecular weight excluding hydrogens is 435 g/mol. The highest BCUT2D eigenvalue weighted by molar-refractivity contribution is 6.07. The van der Waals surface area contributed by atoms with Gasteiger partial charge in [0.15, 0.2) is 0 Å². The lowest BCUT2D eigenvalue weighted by atomic mass is 10.1. The van der Waals surface area contributed by atoms with Gasteiger partial charge in [-0.2, -0.15) is 13.2 Å². The maximum Gasteiger partial charge on any atom is 0.416 e. The Labute approximate surface area is 189 Å². The van der Waals surface area contributed by atoms with Crippen LogP contribution in [0.4, 0.5) is 18.9 Å². The molecule has 0 saturated carbocycles. The van der Waals surface area contributed by atoms with E-state index in [4.69, 9.17) is 9.84 Å². The second-order valence-corrected chi connectivity index (χ2v) is 7.61. The number of ether oxygens (including phenoxy) is 1. The molecular formula is C25H22F3NO4. The van der Waals surface area contributed by atoms with Crippen molar-refractivity contribution >= 4 is 17.6 Å². The van der Waals surface area contributed by atoms with E-state index in [1.165, 1.54) is 35.2 Å². The van der Waals surface area contributed by atoms with Crippen LogP contribution in [0.25, 0.3) is 0 Å². The largest absolute Gasteiger partial charge is 0.487 e. The van der Waals surface area contributed by atoms with Gasteiger partial charge in [-0.1, -0.05) is 30.3 Å². The Morgan fingerprint density at radius 3 is 2.12 bits per heavy atom. The summed E-state index contributed by atoms with van der Waals surface area (Å²) in [6.45, 7) is 3.40. The molecule has 0 aliphatic carbocycles. The third-order valence-corrected chi connectivity index (χ3v) is 4.90. The van der Waals surface area contributed by atoms with E-state index in [-0.39, 0.29) is 35.6 Å². The van der Waals surface area contributed by atoms with E-state index < -0.39 is 17.7 Å². The van der Waals surface area contributed by atoms with Crippen molar-refractivity contribution in [3.05, 3.63) is 95.1 Å². The average Bonchev–Trinajstić information content (AvgIpc) is 2.78. The van der Waals surface area contributed by atoms with Gasteiger partial charge in [0, 0.05) is 11.6 Å². The highest BCUT2D eigenvalue weighted by atomic mass is 19.4. The molecule has 0 unspecified atom stereocenters. The second-order valence-electron chi connectivity index (χ2n) is 7.61. The van der Waals surface area contributed by atoms with Crippen LogP contribution in [0.1, 0.15) is 45.7 Å². The number of rotatable bonds is 7. The van der Waals surface area contributed by atoms with Crippen molar-refractivity contribution in [2.45, 2.75) is 32.7 Å². The molecule has 3 aromatic carbocycles. The molecule has 3 aromatic rings. The molecule has 33 heavy (non-hydrogen) atoms. The van der Waals surface area contributed by atoms with Gasteiger partial charge in [-0.3, -0.25) is 4.79 Å². The minimum Gasteiger partial charge on any atom is -0.487 e. The van der Waals surface area contributed by atoms with Crippen LogP contribution in [-0.4, -0.2) is 23.0 Å². The maximum absolute atomic E-state index is 13.4. The highest BCUT2D eigenvalue weighted by Gasteiger charge is 2.33. The quantitative estimate of drug-likeness (QED) is 0.470. The van der Waals surface area contributed by atoms with Crippen molar-refractivity contribution in [1.82, 2.24) is 0 Å². The van der Waals surface area contributed by atoms with Crippen LogP contribution < -0.4 is 9.64 Å². The summed E-state index contributed by atoms with van der Waals surface area (Å²) in [7, 11) is 0. The number of carboxylic acid groups (broad SMARTS) is 1. The summed E-state index contributed by atoms with van der Waals surface area (Å²) in [5.41, 5.74) is 0.334. The molecule has 0 fully saturated rings. The fraction of sp³-hybridized carbons (Fsp3) is 0.200. The number of amides is 1. The number of alkyl halides is 3. The fourth-order valence-electron chi connectivity index (χ4n) is 3.25. The number of nitrogens with zero attached hydrogens (tertiary/aromatic N) is 1. The Hall–Kier alpha value is -3.81. The molecule has 1 amide bonds. The van der Waals surface area contributed by atoms with E-state index in [0.29, 0.717) is 11.1 Å². The molecule has 8 heteroatoms. The molecule has 0 aliphatic rings. The van der Waals surface area contributed by atoms with Crippen LogP contribution in [0, 0.1) is 0 Å². The van der Waals surface area contributed by atoms with E-state index >= 15 is 0 Å². The minimum absolute atomic E-state index is 0.0814. The topological polar surface area (TPSA) is 66.8 Å². The molecule has 0 atom stereocenters. The van der Waals surface area contributed by atoms with Gasteiger partial charge >= 0.3 is 12.1 Å². The van der Waals surface area contributed by atoms with Gasteiger partial charge in [0.25, 0.3) is 5.91 Å². The number of carbonyl (C=O) groups excluding carboxylic acids is 1. The number of hydrogen-bond acceptors (Lipinski definition) is 3. The Balaban J connectivity index is 1.99. The van der Waals surface area contributed by atoms with Crippen molar-refractivity contribution < 1.29 is 32.6 Å². The molecule has 0 heterocycles. The summed E-state index contributed by atoms with van der Waals surface area (Å²) in [5, 5.41) is 9.01. The lowest BCUT2D eigenvalue weighted by molar-refractivity contribution is -0.137. The monoisotopic (exact) mass is 457 g/mol. The zero-order valence-corrected chi connectivity index (χ0v) is 18.0. The first-order valence-electron chi connectivity index (χ1n) is 10.1. The van der Waals surface area contributed by atoms with Crippen molar-refractivity contribution in [1.29, 1.82) is 0 Å². The molecule has 0 radical (unpaired) electrons. The Bertz CT molecular complexity index is 1130. The fourth-order valence-corrected chi connectivity index (χ4v) is 3.25. The first-order valence-corrected chi connectivity index (χ1v) is 10.1. The van der Waals surface area contributed by atoms with E-state index in [9.17, 15) is 22.8 Å². The number of hydrogen-bond donors (Lipinski definition) is 1. The van der Waals surface area contributed by atoms with E-state index in [1.54, 1.807) is 44.2 Å². The van der Waals surface area contributed by atoms with Crippen LogP contribution in [0.5, 0.6) is 5.75 Å². The van der Waals surface area contributed by atoms with Crippen LogP contribution in [0.2, 0.25) is 0 Å². The number of carboxylic acids is 1. The van der Waals surface area contributed by atoms with Crippen LogP contribution in [0.3, 0.4) is 0 Å². The third kappa shape index (κ3) is 5.71. The minimum atomic E-state index is -4.59. The lowest BCUT2D eigenvalue weighted by Gasteiger charge is -2.29. The first kappa shape index (κ1) is 23.8. The molecule has 172 valence electrons. The molecule has 0 saturated heterocycles. The van der Waals surface area contributed by atoms with Gasteiger partial charge in [-0.15, -0.1) is 0 Å². The number of halogens is 3. The smallest absolute Gasteiger partial charge is 0.416 e. The van der Waals surface area contributed by atoms with Gasteiger partial charge in [0.05, 0.1) is 16.8 Å². The lowest BCUT2D eigenvalue weighted by Crippen LogP contribution is -2.37. The number of anilines is 1. The molecule has 0 bridgehead atoms. The maximum atomic E-state index is 13.4. The molecule has 0 spiro atoms.